The van der Waals surface area contributed by atoms with Gasteiger partial charge in [-0.05, 0) is 31.6 Å². The first-order chi connectivity index (χ1) is 48.0. The van der Waals surface area contributed by atoms with E-state index in [1.54, 1.807) is 0 Å². The van der Waals surface area contributed by atoms with Crippen LogP contribution in [0.2, 0.25) is 0 Å². The largest absolute Gasteiger partial charge is 0.472 e. The number of carbonyl (C=O) groups is 4. The normalized spacial score (nSPS) is 13.9. The van der Waals surface area contributed by atoms with Crippen molar-refractivity contribution in [1.82, 2.24) is 0 Å². The van der Waals surface area contributed by atoms with Crippen LogP contribution in [0.5, 0.6) is 0 Å². The van der Waals surface area contributed by atoms with Gasteiger partial charge in [0.2, 0.25) is 0 Å². The monoisotopic (exact) mass is 1450 g/mol. The maximum atomic E-state index is 13.1. The fraction of sp³-hybridized carbons (Fsp3) is 0.950. The van der Waals surface area contributed by atoms with Gasteiger partial charge in [0.25, 0.3) is 0 Å². The number of carbonyl (C=O) groups excluding carboxylic acids is 4. The van der Waals surface area contributed by atoms with Crippen LogP contribution in [-0.4, -0.2) is 96.7 Å². The van der Waals surface area contributed by atoms with Gasteiger partial charge >= 0.3 is 39.5 Å². The van der Waals surface area contributed by atoms with Crippen LogP contribution in [0, 0.1) is 5.92 Å². The zero-order chi connectivity index (χ0) is 72.7. The Morgan fingerprint density at radius 2 is 0.465 bits per heavy atom. The standard InChI is InChI=1S/C80H156O17P2/c1-6-9-12-15-18-21-23-25-26-27-28-29-33-37-40-44-49-54-59-64-78(83)91-70-76(97-80(85)66-61-56-51-46-42-38-34-31-30-32-36-39-43-47-52-57-62-73(4)5)72-95-99(88,89)93-68-74(81)67-92-98(86,87)94-71-75(69-90-77(82)63-58-53-48-20-17-14-11-8-3)96-79(84)65-60-55-50-45-41-35-24-22-19-16-13-10-7-2/h73-76,81H,6-72H2,1-5H3,(H,86,87)(H,88,89)/t74-,75+,76+/m0/s1. The lowest BCUT2D eigenvalue weighted by Crippen LogP contribution is -2.30. The van der Waals surface area contributed by atoms with Crippen molar-refractivity contribution in [3.63, 3.8) is 0 Å². The van der Waals surface area contributed by atoms with E-state index >= 15 is 0 Å². The fourth-order valence-corrected chi connectivity index (χ4v) is 14.0. The van der Waals surface area contributed by atoms with E-state index in [0.29, 0.717) is 25.7 Å². The molecule has 0 radical (unpaired) electrons. The lowest BCUT2D eigenvalue weighted by molar-refractivity contribution is -0.161. The number of esters is 4. The van der Waals surface area contributed by atoms with Gasteiger partial charge < -0.3 is 33.8 Å². The molecule has 0 aliphatic rings. The van der Waals surface area contributed by atoms with E-state index in [2.05, 4.69) is 34.6 Å². The van der Waals surface area contributed by atoms with Gasteiger partial charge in [-0.15, -0.1) is 0 Å². The second kappa shape index (κ2) is 73.0. The lowest BCUT2D eigenvalue weighted by Gasteiger charge is -2.21. The number of aliphatic hydroxyl groups is 1. The van der Waals surface area contributed by atoms with Gasteiger partial charge in [0.15, 0.2) is 12.2 Å². The van der Waals surface area contributed by atoms with Crippen LogP contribution >= 0.6 is 15.6 Å². The molecule has 0 aliphatic heterocycles. The molecule has 0 saturated heterocycles. The fourth-order valence-electron chi connectivity index (χ4n) is 12.4. The molecule has 5 atom stereocenters. The zero-order valence-corrected chi connectivity index (χ0v) is 66.4. The smallest absolute Gasteiger partial charge is 0.462 e. The summed E-state index contributed by atoms with van der Waals surface area (Å²) in [5.41, 5.74) is 0. The molecule has 3 N–H and O–H groups in total. The maximum absolute atomic E-state index is 13.1. The molecule has 0 amide bonds. The average molecular weight is 1450 g/mol. The van der Waals surface area contributed by atoms with Crippen LogP contribution in [0.1, 0.15) is 426 Å². The van der Waals surface area contributed by atoms with E-state index in [1.165, 1.54) is 244 Å². The molecule has 19 heteroatoms. The van der Waals surface area contributed by atoms with E-state index < -0.39 is 97.5 Å². The minimum Gasteiger partial charge on any atom is -0.462 e. The summed E-state index contributed by atoms with van der Waals surface area (Å²) in [6.45, 7) is 7.33. The van der Waals surface area contributed by atoms with E-state index in [9.17, 15) is 43.2 Å². The quantitative estimate of drug-likeness (QED) is 0.0222. The first-order valence-electron chi connectivity index (χ1n) is 41.6. The highest BCUT2D eigenvalue weighted by molar-refractivity contribution is 7.47. The van der Waals surface area contributed by atoms with Crippen LogP contribution in [0.15, 0.2) is 0 Å². The van der Waals surface area contributed by atoms with Gasteiger partial charge in [-0.2, -0.15) is 0 Å². The van der Waals surface area contributed by atoms with E-state index in [4.69, 9.17) is 37.0 Å². The molecule has 0 saturated carbocycles. The van der Waals surface area contributed by atoms with E-state index in [-0.39, 0.29) is 25.7 Å². The maximum Gasteiger partial charge on any atom is 0.472 e. The highest BCUT2D eigenvalue weighted by Crippen LogP contribution is 2.45. The van der Waals surface area contributed by atoms with Crippen LogP contribution < -0.4 is 0 Å². The molecule has 2 unspecified atom stereocenters. The van der Waals surface area contributed by atoms with Crippen molar-refractivity contribution in [2.24, 2.45) is 5.92 Å². The molecule has 0 bridgehead atoms. The Balaban J connectivity index is 5.19. The van der Waals surface area contributed by atoms with E-state index in [0.717, 1.165) is 102 Å². The molecule has 0 fully saturated rings. The Morgan fingerprint density at radius 3 is 0.687 bits per heavy atom. The van der Waals surface area contributed by atoms with Gasteiger partial charge in [-0.1, -0.05) is 375 Å². The molecule has 0 spiro atoms. The highest BCUT2D eigenvalue weighted by atomic mass is 31.2. The van der Waals surface area contributed by atoms with Crippen molar-refractivity contribution in [1.29, 1.82) is 0 Å². The number of phosphoric acid groups is 2. The first kappa shape index (κ1) is 97.1. The first-order valence-corrected chi connectivity index (χ1v) is 44.6. The van der Waals surface area contributed by atoms with E-state index in [1.807, 2.05) is 0 Å². The zero-order valence-electron chi connectivity index (χ0n) is 64.6. The van der Waals surface area contributed by atoms with Crippen molar-refractivity contribution in [3.8, 4) is 0 Å². The number of rotatable bonds is 80. The average Bonchev–Trinajstić information content (AvgIpc) is 0.993. The Kier molecular flexibility index (Phi) is 71.6. The molecule has 0 heterocycles. The van der Waals surface area contributed by atoms with Crippen molar-refractivity contribution < 1.29 is 80.2 Å². The summed E-state index contributed by atoms with van der Waals surface area (Å²) in [6, 6.07) is 0. The van der Waals surface area contributed by atoms with Gasteiger partial charge in [0.1, 0.15) is 19.3 Å². The Labute approximate surface area is 607 Å². The molecule has 99 heavy (non-hydrogen) atoms. The molecular formula is C80H156O17P2. The number of phosphoric ester groups is 2. The molecule has 0 aromatic rings. The summed E-state index contributed by atoms with van der Waals surface area (Å²) < 4.78 is 68.6. The summed E-state index contributed by atoms with van der Waals surface area (Å²) >= 11 is 0. The van der Waals surface area contributed by atoms with Crippen LogP contribution in [0.3, 0.4) is 0 Å². The van der Waals surface area contributed by atoms with Gasteiger partial charge in [0, 0.05) is 25.7 Å². The Bertz CT molecular complexity index is 1890. The Hall–Kier alpha value is -1.94. The summed E-state index contributed by atoms with van der Waals surface area (Å²) in [5.74, 6) is -1.30. The number of aliphatic hydroxyl groups excluding tert-OH is 1. The second-order valence-electron chi connectivity index (χ2n) is 29.3. The number of ether oxygens (including phenoxy) is 4. The minimum atomic E-state index is -4.96. The molecule has 0 aliphatic carbocycles. The number of unbranched alkanes of at least 4 members (excludes halogenated alkanes) is 52. The third-order valence-electron chi connectivity index (χ3n) is 18.8. The minimum absolute atomic E-state index is 0.108. The topological polar surface area (TPSA) is 237 Å². The van der Waals surface area contributed by atoms with Crippen molar-refractivity contribution >= 4 is 39.5 Å². The highest BCUT2D eigenvalue weighted by Gasteiger charge is 2.30. The van der Waals surface area contributed by atoms with Crippen molar-refractivity contribution in [2.45, 2.75) is 445 Å². The molecule has 0 aromatic carbocycles. The summed E-state index contributed by atoms with van der Waals surface area (Å²) in [4.78, 5) is 72.9. The molecule has 17 nitrogen and oxygen atoms in total. The van der Waals surface area contributed by atoms with Crippen molar-refractivity contribution in [3.05, 3.63) is 0 Å². The number of hydrogen-bond donors (Lipinski definition) is 3. The SMILES string of the molecule is CCCCCCCCCCCCCCCCCCCCCC(=O)OC[C@H](COP(=O)(O)OC[C@@H](O)COP(=O)(O)OC[C@@H](COC(=O)CCCCCCCCCC)OC(=O)CCCCCCCCCCCCCCC)OC(=O)CCCCCCCCCCCCCCCCCCC(C)C. The molecule has 0 rings (SSSR count). The third kappa shape index (κ3) is 74.1. The summed E-state index contributed by atoms with van der Waals surface area (Å²) in [6.07, 6.45) is 63.9. The van der Waals surface area contributed by atoms with Crippen LogP contribution in [0.25, 0.3) is 0 Å². The predicted octanol–water partition coefficient (Wildman–Crippen LogP) is 24.0. The van der Waals surface area contributed by atoms with Crippen LogP contribution in [0.4, 0.5) is 0 Å². The molecule has 588 valence electrons. The van der Waals surface area contributed by atoms with Gasteiger partial charge in [-0.25, -0.2) is 9.13 Å². The van der Waals surface area contributed by atoms with Crippen molar-refractivity contribution in [2.75, 3.05) is 39.6 Å². The van der Waals surface area contributed by atoms with Crippen LogP contribution in [-0.2, 0) is 65.4 Å². The predicted molar refractivity (Wildman–Crippen MR) is 405 cm³/mol. The summed E-state index contributed by atoms with van der Waals surface area (Å²) in [7, 11) is -9.91. The number of hydrogen-bond acceptors (Lipinski definition) is 15. The Morgan fingerprint density at radius 1 is 0.273 bits per heavy atom. The summed E-state index contributed by atoms with van der Waals surface area (Å²) in [5, 5.41) is 10.6. The molecule has 0 aromatic heterocycles. The molecular weight excluding hydrogens is 1290 g/mol. The third-order valence-corrected chi connectivity index (χ3v) is 20.7. The lowest BCUT2D eigenvalue weighted by atomic mass is 10.0. The second-order valence-corrected chi connectivity index (χ2v) is 32.2. The van der Waals surface area contributed by atoms with Gasteiger partial charge in [-0.3, -0.25) is 37.3 Å². The van der Waals surface area contributed by atoms with Gasteiger partial charge in [0.05, 0.1) is 26.4 Å².